The first-order chi connectivity index (χ1) is 17.5. The lowest BCUT2D eigenvalue weighted by atomic mass is 9.85. The Morgan fingerprint density at radius 2 is 1.94 bits per heavy atom. The molecule has 0 aliphatic heterocycles. The van der Waals surface area contributed by atoms with E-state index in [0.29, 0.717) is 46.1 Å². The lowest BCUT2D eigenvalue weighted by molar-refractivity contribution is 0.147. The van der Waals surface area contributed by atoms with Gasteiger partial charge in [-0.2, -0.15) is 15.5 Å². The maximum absolute atomic E-state index is 14.2. The molecule has 10 nitrogen and oxygen atoms in total. The molecule has 2 atom stereocenters. The molecule has 1 N–H and O–H groups in total. The van der Waals surface area contributed by atoms with Crippen LogP contribution in [0.15, 0.2) is 53.7 Å². The molecule has 0 spiro atoms. The number of aliphatic hydroxyl groups excluding tert-OH is 1. The van der Waals surface area contributed by atoms with Crippen molar-refractivity contribution in [2.75, 3.05) is 0 Å². The summed E-state index contributed by atoms with van der Waals surface area (Å²) in [7, 11) is 0. The van der Waals surface area contributed by atoms with Crippen LogP contribution in [-0.4, -0.2) is 33.8 Å². The van der Waals surface area contributed by atoms with Crippen LogP contribution in [0.3, 0.4) is 0 Å². The van der Waals surface area contributed by atoms with Gasteiger partial charge in [0.1, 0.15) is 24.2 Å². The molecule has 2 unspecified atom stereocenters. The number of nitrogens with zero attached hydrogens (tertiary/aromatic N) is 8. The molecule has 11 heteroatoms. The fourth-order valence-corrected chi connectivity index (χ4v) is 4.94. The molecule has 0 saturated carbocycles. The molecular weight excluding hydrogens is 463 g/mol. The van der Waals surface area contributed by atoms with E-state index >= 15 is 0 Å². The zero-order valence-electron chi connectivity index (χ0n) is 18.7. The molecule has 3 heterocycles. The fraction of sp³-hybridized carbons (Fsp3) is 0.200. The molecule has 176 valence electrons. The maximum atomic E-state index is 14.2. The SMILES string of the molecule is N#CCn1c(=O)n(C2CCC(O)c3ccc(F)cc32)c2nc(-n3cnc4ccc(C#N)cc43)ncc21. The Kier molecular flexibility index (Phi) is 4.88. The van der Waals surface area contributed by atoms with Crippen molar-refractivity contribution in [1.82, 2.24) is 28.7 Å². The van der Waals surface area contributed by atoms with E-state index in [-0.39, 0.29) is 18.1 Å². The normalized spacial score (nSPS) is 17.1. The number of halogens is 1. The van der Waals surface area contributed by atoms with Crippen LogP contribution in [0.1, 0.15) is 41.7 Å². The van der Waals surface area contributed by atoms with Gasteiger partial charge in [0.05, 0.1) is 47.1 Å². The summed E-state index contributed by atoms with van der Waals surface area (Å²) in [5.41, 5.74) is 2.92. The summed E-state index contributed by atoms with van der Waals surface area (Å²) < 4.78 is 18.6. The molecule has 3 aromatic heterocycles. The third-order valence-electron chi connectivity index (χ3n) is 6.61. The van der Waals surface area contributed by atoms with Crippen molar-refractivity contribution in [2.24, 2.45) is 0 Å². The molecular formula is C25H17FN8O2. The third kappa shape index (κ3) is 3.18. The van der Waals surface area contributed by atoms with Gasteiger partial charge >= 0.3 is 5.69 Å². The number of hydrogen-bond acceptors (Lipinski definition) is 7. The second-order valence-electron chi connectivity index (χ2n) is 8.59. The smallest absolute Gasteiger partial charge is 0.331 e. The minimum Gasteiger partial charge on any atom is -0.388 e. The van der Waals surface area contributed by atoms with Crippen LogP contribution in [-0.2, 0) is 6.54 Å². The number of hydrogen-bond donors (Lipinski definition) is 1. The second kappa shape index (κ2) is 8.12. The van der Waals surface area contributed by atoms with E-state index in [1.807, 2.05) is 6.07 Å². The highest BCUT2D eigenvalue weighted by Crippen LogP contribution is 2.39. The summed E-state index contributed by atoms with van der Waals surface area (Å²) >= 11 is 0. The highest BCUT2D eigenvalue weighted by molar-refractivity contribution is 5.79. The van der Waals surface area contributed by atoms with Crippen LogP contribution >= 0.6 is 0 Å². The molecule has 5 aromatic rings. The average molecular weight is 480 g/mol. The van der Waals surface area contributed by atoms with Gasteiger partial charge in [-0.05, 0) is 54.3 Å². The van der Waals surface area contributed by atoms with Crippen molar-refractivity contribution in [1.29, 1.82) is 10.5 Å². The molecule has 2 aromatic carbocycles. The van der Waals surface area contributed by atoms with E-state index in [0.717, 1.165) is 0 Å². The van der Waals surface area contributed by atoms with Gasteiger partial charge in [-0.15, -0.1) is 0 Å². The van der Waals surface area contributed by atoms with Gasteiger partial charge in [0.15, 0.2) is 5.65 Å². The molecule has 6 rings (SSSR count). The summed E-state index contributed by atoms with van der Waals surface area (Å²) in [5, 5.41) is 29.1. The minimum atomic E-state index is -0.767. The lowest BCUT2D eigenvalue weighted by Gasteiger charge is -2.29. The molecule has 36 heavy (non-hydrogen) atoms. The van der Waals surface area contributed by atoms with Crippen molar-refractivity contribution >= 4 is 22.2 Å². The predicted octanol–water partition coefficient (Wildman–Crippen LogP) is 2.88. The first-order valence-electron chi connectivity index (χ1n) is 11.2. The topological polar surface area (TPSA) is 138 Å². The molecule has 0 bridgehead atoms. The highest BCUT2D eigenvalue weighted by Gasteiger charge is 2.31. The number of rotatable bonds is 3. The summed E-state index contributed by atoms with van der Waals surface area (Å²) in [6, 6.07) is 12.7. The average Bonchev–Trinajstić information content (AvgIpc) is 3.42. The monoisotopic (exact) mass is 480 g/mol. The van der Waals surface area contributed by atoms with Gasteiger partial charge in [0.25, 0.3) is 0 Å². The van der Waals surface area contributed by atoms with Crippen LogP contribution in [0.5, 0.6) is 0 Å². The first kappa shape index (κ1) is 21.6. The van der Waals surface area contributed by atoms with Gasteiger partial charge in [0, 0.05) is 0 Å². The lowest BCUT2D eigenvalue weighted by Crippen LogP contribution is -2.31. The second-order valence-corrected chi connectivity index (χ2v) is 8.59. The van der Waals surface area contributed by atoms with Crippen LogP contribution in [0.4, 0.5) is 4.39 Å². The molecule has 1 aliphatic rings. The van der Waals surface area contributed by atoms with Gasteiger partial charge < -0.3 is 5.11 Å². The van der Waals surface area contributed by atoms with Gasteiger partial charge in [-0.25, -0.2) is 19.2 Å². The number of imidazole rings is 2. The van der Waals surface area contributed by atoms with E-state index in [1.165, 1.54) is 39.9 Å². The molecule has 0 fully saturated rings. The fourth-order valence-electron chi connectivity index (χ4n) is 4.94. The zero-order chi connectivity index (χ0) is 25.0. The number of aromatic nitrogens is 6. The standard InChI is InChI=1S/C25H17FN8O2/c26-15-2-3-16-17(10-15)19(5-6-22(16)35)34-23-21(32(8-7-27)25(34)36)12-29-24(31-23)33-13-30-18-4-1-14(11-28)9-20(18)33/h1-4,9-10,12-13,19,22,35H,5-6,8H2. The Morgan fingerprint density at radius 1 is 1.08 bits per heavy atom. The summed E-state index contributed by atoms with van der Waals surface area (Å²) in [4.78, 5) is 27.0. The third-order valence-corrected chi connectivity index (χ3v) is 6.61. The van der Waals surface area contributed by atoms with Crippen molar-refractivity contribution < 1.29 is 9.50 Å². The maximum Gasteiger partial charge on any atom is 0.331 e. The van der Waals surface area contributed by atoms with Gasteiger partial charge in [0.2, 0.25) is 5.95 Å². The highest BCUT2D eigenvalue weighted by atomic mass is 19.1. The number of aliphatic hydroxyl groups is 1. The van der Waals surface area contributed by atoms with E-state index in [2.05, 4.69) is 21.0 Å². The largest absolute Gasteiger partial charge is 0.388 e. The van der Waals surface area contributed by atoms with Crippen molar-refractivity contribution in [3.05, 3.63) is 81.9 Å². The molecule has 0 saturated heterocycles. The summed E-state index contributed by atoms with van der Waals surface area (Å²) in [6.07, 6.45) is 2.99. The Labute approximate surface area is 202 Å². The Bertz CT molecular complexity index is 1820. The van der Waals surface area contributed by atoms with Gasteiger partial charge in [-0.3, -0.25) is 13.7 Å². The quantitative estimate of drug-likeness (QED) is 0.419. The van der Waals surface area contributed by atoms with Crippen LogP contribution < -0.4 is 5.69 Å². The minimum absolute atomic E-state index is 0.212. The van der Waals surface area contributed by atoms with Gasteiger partial charge in [-0.1, -0.05) is 6.07 Å². The van der Waals surface area contributed by atoms with E-state index < -0.39 is 23.7 Å². The van der Waals surface area contributed by atoms with Crippen molar-refractivity contribution in [2.45, 2.75) is 31.5 Å². The number of nitriles is 2. The van der Waals surface area contributed by atoms with Crippen LogP contribution in [0.2, 0.25) is 0 Å². The molecule has 0 radical (unpaired) electrons. The van der Waals surface area contributed by atoms with E-state index in [1.54, 1.807) is 22.8 Å². The van der Waals surface area contributed by atoms with E-state index in [4.69, 9.17) is 0 Å². The van der Waals surface area contributed by atoms with Crippen molar-refractivity contribution in [3.63, 3.8) is 0 Å². The van der Waals surface area contributed by atoms with E-state index in [9.17, 15) is 24.8 Å². The Balaban J connectivity index is 1.61. The van der Waals surface area contributed by atoms with Crippen LogP contribution in [0.25, 0.3) is 28.1 Å². The number of fused-ring (bicyclic) bond motifs is 3. The Morgan fingerprint density at radius 3 is 2.75 bits per heavy atom. The summed E-state index contributed by atoms with van der Waals surface area (Å²) in [6.45, 7) is -0.212. The molecule has 1 aliphatic carbocycles. The zero-order valence-corrected chi connectivity index (χ0v) is 18.7. The number of benzene rings is 2. The Hall–Kier alpha value is -4.87. The van der Waals surface area contributed by atoms with Crippen LogP contribution in [0, 0.1) is 28.5 Å². The first-order valence-corrected chi connectivity index (χ1v) is 11.2. The molecule has 0 amide bonds. The predicted molar refractivity (Wildman–Crippen MR) is 125 cm³/mol. The van der Waals surface area contributed by atoms with Crippen molar-refractivity contribution in [3.8, 4) is 18.1 Å². The summed E-state index contributed by atoms with van der Waals surface area (Å²) in [5.74, 6) is -0.256.